The summed E-state index contributed by atoms with van der Waals surface area (Å²) in [5.74, 6) is -1.15. The van der Waals surface area contributed by atoms with Crippen LogP contribution in [0, 0.1) is 11.3 Å². The van der Waals surface area contributed by atoms with E-state index >= 15 is 0 Å². The number of allylic oxidation sites excluding steroid dienone is 2. The number of alkyl halides is 1. The fourth-order valence-electron chi connectivity index (χ4n) is 5.06. The minimum Gasteiger partial charge on any atom is -0.480 e. The normalized spacial score (nSPS) is 24.4. The van der Waals surface area contributed by atoms with Gasteiger partial charge in [0, 0.05) is 12.8 Å². The molecule has 0 amide bonds. The lowest BCUT2D eigenvalue weighted by atomic mass is 9.67. The maximum Gasteiger partial charge on any atom is 0.320 e. The van der Waals surface area contributed by atoms with E-state index in [4.69, 9.17) is 9.47 Å². The van der Waals surface area contributed by atoms with Crippen LogP contribution in [0.5, 0.6) is 0 Å². The lowest BCUT2D eigenvalue weighted by Gasteiger charge is -2.42. The molecule has 1 saturated heterocycles. The molecule has 0 aromatic carbocycles. The van der Waals surface area contributed by atoms with Gasteiger partial charge in [-0.05, 0) is 56.9 Å². The van der Waals surface area contributed by atoms with Crippen molar-refractivity contribution >= 4 is 5.97 Å². The van der Waals surface area contributed by atoms with Crippen LogP contribution in [-0.2, 0) is 14.3 Å². The standard InChI is InChI=1S/C26H43FO5/c1-3-5-7-15-22(28)26(25(29)30,20-12-8-9-13-20)23(18-17-21(27)14-6-4-2)32-24-16-10-11-19-31-24/h5,7,18,20-22,24,28H,3-4,6,8-17,19H2,1-2H3,(H,29,30)/b7-5-,23-18+/t21?,22-,24?,26-/m1/s1. The Labute approximate surface area is 193 Å². The number of hydrogen-bond donors (Lipinski definition) is 2. The zero-order valence-electron chi connectivity index (χ0n) is 19.9. The first-order valence-electron chi connectivity index (χ1n) is 12.7. The van der Waals surface area contributed by atoms with Crippen molar-refractivity contribution < 1.29 is 28.9 Å². The first-order chi connectivity index (χ1) is 15.5. The van der Waals surface area contributed by atoms with Crippen molar-refractivity contribution in [3.8, 4) is 0 Å². The van der Waals surface area contributed by atoms with E-state index in [0.29, 0.717) is 32.3 Å². The van der Waals surface area contributed by atoms with Crippen molar-refractivity contribution in [3.05, 3.63) is 24.0 Å². The monoisotopic (exact) mass is 454 g/mol. The minimum atomic E-state index is -1.60. The molecule has 5 nitrogen and oxygen atoms in total. The summed E-state index contributed by atoms with van der Waals surface area (Å²) >= 11 is 0. The van der Waals surface area contributed by atoms with Crippen molar-refractivity contribution in [3.63, 3.8) is 0 Å². The Hall–Kier alpha value is -1.40. The number of halogens is 1. The van der Waals surface area contributed by atoms with Crippen LogP contribution in [0.25, 0.3) is 0 Å². The number of ether oxygens (including phenoxy) is 2. The minimum absolute atomic E-state index is 0.0846. The Morgan fingerprint density at radius 1 is 1.16 bits per heavy atom. The third-order valence-corrected chi connectivity index (χ3v) is 6.87. The van der Waals surface area contributed by atoms with Crippen molar-refractivity contribution in [2.75, 3.05) is 6.61 Å². The van der Waals surface area contributed by atoms with Gasteiger partial charge in [0.25, 0.3) is 0 Å². The molecule has 0 aromatic heterocycles. The van der Waals surface area contributed by atoms with Crippen molar-refractivity contribution in [1.29, 1.82) is 0 Å². The van der Waals surface area contributed by atoms with Gasteiger partial charge in [0.1, 0.15) is 11.9 Å². The Balaban J connectivity index is 2.44. The Morgan fingerprint density at radius 2 is 1.88 bits per heavy atom. The number of aliphatic hydroxyl groups is 1. The summed E-state index contributed by atoms with van der Waals surface area (Å²) in [6, 6.07) is 0. The zero-order chi connectivity index (χ0) is 23.4. The van der Waals surface area contributed by atoms with Crippen LogP contribution >= 0.6 is 0 Å². The first-order valence-corrected chi connectivity index (χ1v) is 12.7. The number of rotatable bonds is 14. The Kier molecular flexibility index (Phi) is 11.7. The number of aliphatic carboxylic acids is 1. The van der Waals surface area contributed by atoms with Gasteiger partial charge in [-0.25, -0.2) is 4.39 Å². The summed E-state index contributed by atoms with van der Waals surface area (Å²) in [5.41, 5.74) is -1.60. The van der Waals surface area contributed by atoms with E-state index in [-0.39, 0.29) is 24.5 Å². The molecule has 0 spiro atoms. The summed E-state index contributed by atoms with van der Waals surface area (Å²) in [4.78, 5) is 12.9. The lowest BCUT2D eigenvalue weighted by molar-refractivity contribution is -0.182. The average molecular weight is 455 g/mol. The number of unbranched alkanes of at least 4 members (excludes halogenated alkanes) is 1. The van der Waals surface area contributed by atoms with Gasteiger partial charge in [0.05, 0.1) is 12.7 Å². The quantitative estimate of drug-likeness (QED) is 0.238. The predicted octanol–water partition coefficient (Wildman–Crippen LogP) is 6.31. The smallest absolute Gasteiger partial charge is 0.320 e. The van der Waals surface area contributed by atoms with Crippen LogP contribution in [0.4, 0.5) is 4.39 Å². The van der Waals surface area contributed by atoms with Gasteiger partial charge < -0.3 is 19.7 Å². The highest BCUT2D eigenvalue weighted by molar-refractivity contribution is 5.79. The molecule has 6 heteroatoms. The fourth-order valence-corrected chi connectivity index (χ4v) is 5.06. The van der Waals surface area contributed by atoms with Crippen LogP contribution in [0.1, 0.15) is 97.3 Å². The molecule has 32 heavy (non-hydrogen) atoms. The van der Waals surface area contributed by atoms with Crippen LogP contribution in [0.2, 0.25) is 0 Å². The topological polar surface area (TPSA) is 76.0 Å². The molecular weight excluding hydrogens is 411 g/mol. The van der Waals surface area contributed by atoms with E-state index < -0.39 is 29.9 Å². The van der Waals surface area contributed by atoms with Gasteiger partial charge in [-0.3, -0.25) is 4.79 Å². The van der Waals surface area contributed by atoms with E-state index in [9.17, 15) is 19.4 Å². The predicted molar refractivity (Wildman–Crippen MR) is 124 cm³/mol. The van der Waals surface area contributed by atoms with Gasteiger partial charge in [-0.1, -0.05) is 51.7 Å². The number of carbonyl (C=O) groups is 1. The summed E-state index contributed by atoms with van der Waals surface area (Å²) in [5, 5.41) is 21.9. The highest BCUT2D eigenvalue weighted by atomic mass is 19.1. The number of carboxylic acid groups (broad SMARTS) is 1. The molecule has 2 unspecified atom stereocenters. The molecular formula is C26H43FO5. The second-order valence-corrected chi connectivity index (χ2v) is 9.24. The maximum absolute atomic E-state index is 14.6. The molecule has 184 valence electrons. The molecule has 4 atom stereocenters. The third-order valence-electron chi connectivity index (χ3n) is 6.87. The van der Waals surface area contributed by atoms with Gasteiger partial charge >= 0.3 is 5.97 Å². The molecule has 1 aliphatic heterocycles. The fraction of sp³-hybridized carbons (Fsp3) is 0.808. The van der Waals surface area contributed by atoms with E-state index in [2.05, 4.69) is 0 Å². The number of hydrogen-bond acceptors (Lipinski definition) is 4. The highest BCUT2D eigenvalue weighted by Crippen LogP contribution is 2.50. The Bertz CT molecular complexity index is 607. The van der Waals surface area contributed by atoms with Gasteiger partial charge in [-0.15, -0.1) is 0 Å². The number of aliphatic hydroxyl groups excluding tert-OH is 1. The third kappa shape index (κ3) is 7.05. The van der Waals surface area contributed by atoms with Crippen molar-refractivity contribution in [2.45, 2.75) is 116 Å². The molecule has 0 bridgehead atoms. The molecule has 2 aliphatic rings. The summed E-state index contributed by atoms with van der Waals surface area (Å²) in [6.07, 6.45) is 11.7. The van der Waals surface area contributed by atoms with Gasteiger partial charge in [0.15, 0.2) is 11.7 Å². The lowest BCUT2D eigenvalue weighted by Crippen LogP contribution is -2.50. The second kappa shape index (κ2) is 14.0. The molecule has 2 N–H and O–H groups in total. The molecule has 1 aliphatic carbocycles. The van der Waals surface area contributed by atoms with Crippen LogP contribution in [0.3, 0.4) is 0 Å². The molecule has 0 aromatic rings. The van der Waals surface area contributed by atoms with Crippen molar-refractivity contribution in [2.24, 2.45) is 11.3 Å². The first kappa shape index (κ1) is 26.8. The highest BCUT2D eigenvalue weighted by Gasteiger charge is 2.56. The molecule has 2 fully saturated rings. The summed E-state index contributed by atoms with van der Waals surface area (Å²) < 4.78 is 26.6. The van der Waals surface area contributed by atoms with E-state index in [1.807, 2.05) is 26.0 Å². The van der Waals surface area contributed by atoms with Gasteiger partial charge in [-0.2, -0.15) is 0 Å². The Morgan fingerprint density at radius 3 is 2.47 bits per heavy atom. The van der Waals surface area contributed by atoms with Crippen molar-refractivity contribution in [1.82, 2.24) is 0 Å². The zero-order valence-corrected chi connectivity index (χ0v) is 19.9. The summed E-state index contributed by atoms with van der Waals surface area (Å²) in [7, 11) is 0. The van der Waals surface area contributed by atoms with Crippen LogP contribution < -0.4 is 0 Å². The van der Waals surface area contributed by atoms with Crippen LogP contribution in [0.15, 0.2) is 24.0 Å². The molecule has 2 rings (SSSR count). The van der Waals surface area contributed by atoms with Crippen LogP contribution in [-0.4, -0.2) is 41.4 Å². The molecule has 0 radical (unpaired) electrons. The largest absolute Gasteiger partial charge is 0.480 e. The summed E-state index contributed by atoms with van der Waals surface area (Å²) in [6.45, 7) is 4.58. The SMILES string of the molecule is CC/C=C\C[C@@H](O)[C@@](C(=O)O)(/C(=C\CC(F)CCCC)OC1CCCCO1)C1CCCC1. The molecule has 1 saturated carbocycles. The second-order valence-electron chi connectivity index (χ2n) is 9.24. The van der Waals surface area contributed by atoms with E-state index in [1.165, 1.54) is 0 Å². The van der Waals surface area contributed by atoms with Gasteiger partial charge in [0.2, 0.25) is 0 Å². The van der Waals surface area contributed by atoms with E-state index in [0.717, 1.165) is 44.9 Å². The number of carboxylic acids is 1. The maximum atomic E-state index is 14.6. The molecule has 1 heterocycles. The van der Waals surface area contributed by atoms with E-state index in [1.54, 1.807) is 6.08 Å². The average Bonchev–Trinajstić information content (AvgIpc) is 3.32.